The summed E-state index contributed by atoms with van der Waals surface area (Å²) in [6.07, 6.45) is 0.886. The van der Waals surface area contributed by atoms with Crippen molar-refractivity contribution in [2.45, 2.75) is 31.9 Å². The summed E-state index contributed by atoms with van der Waals surface area (Å²) in [6, 6.07) is 0.793. The fraction of sp³-hybridized carbons (Fsp3) is 0.533. The summed E-state index contributed by atoms with van der Waals surface area (Å²) in [5.41, 5.74) is 0.956. The van der Waals surface area contributed by atoms with Gasteiger partial charge in [0.05, 0.1) is 31.0 Å². The Labute approximate surface area is 147 Å². The highest BCUT2D eigenvalue weighted by Gasteiger charge is 2.47. The first kappa shape index (κ1) is 18.0. The van der Waals surface area contributed by atoms with Gasteiger partial charge >= 0.3 is 0 Å². The molecule has 0 unspecified atom stereocenters. The smallest absolute Gasteiger partial charge is 0.273 e. The number of nitrogens with zero attached hydrogens (tertiary/aromatic N) is 6. The van der Waals surface area contributed by atoms with Gasteiger partial charge in [0.2, 0.25) is 0 Å². The van der Waals surface area contributed by atoms with Gasteiger partial charge in [-0.2, -0.15) is 5.10 Å². The fourth-order valence-electron chi connectivity index (χ4n) is 3.09. The number of carbonyl (C=O) groups excluding carboxylic acids is 2. The van der Waals surface area contributed by atoms with Gasteiger partial charge in [0, 0.05) is 20.5 Å². The summed E-state index contributed by atoms with van der Waals surface area (Å²) in [5.74, 6) is -3.92. The SMILES string of the molecule is CNC(=O)c1cn(C[C@@H]2CC(F)(F)CN2C(=O)c2cc(C)nn2C)nn1. The molecule has 1 aliphatic rings. The maximum atomic E-state index is 14.0. The summed E-state index contributed by atoms with van der Waals surface area (Å²) in [7, 11) is 3.05. The van der Waals surface area contributed by atoms with Crippen molar-refractivity contribution in [2.75, 3.05) is 13.6 Å². The van der Waals surface area contributed by atoms with E-state index in [9.17, 15) is 18.4 Å². The lowest BCUT2D eigenvalue weighted by Gasteiger charge is -2.23. The van der Waals surface area contributed by atoms with Gasteiger partial charge in [-0.25, -0.2) is 13.5 Å². The number of carbonyl (C=O) groups is 2. The van der Waals surface area contributed by atoms with Gasteiger partial charge in [-0.05, 0) is 13.0 Å². The van der Waals surface area contributed by atoms with E-state index in [0.717, 1.165) is 4.90 Å². The van der Waals surface area contributed by atoms with E-state index in [1.54, 1.807) is 20.0 Å². The average molecular weight is 367 g/mol. The van der Waals surface area contributed by atoms with E-state index in [1.807, 2.05) is 0 Å². The van der Waals surface area contributed by atoms with Crippen LogP contribution in [0.3, 0.4) is 0 Å². The molecule has 1 fully saturated rings. The molecular formula is C15H19F2N7O2. The number of aryl methyl sites for hydroxylation is 2. The molecular weight excluding hydrogens is 348 g/mol. The lowest BCUT2D eigenvalue weighted by Crippen LogP contribution is -2.39. The zero-order valence-electron chi connectivity index (χ0n) is 14.6. The Balaban J connectivity index is 1.82. The normalized spacial score (nSPS) is 19.0. The maximum absolute atomic E-state index is 14.0. The summed E-state index contributed by atoms with van der Waals surface area (Å²) < 4.78 is 30.7. The van der Waals surface area contributed by atoms with Gasteiger partial charge in [-0.15, -0.1) is 5.10 Å². The minimum atomic E-state index is -2.99. The van der Waals surface area contributed by atoms with E-state index in [-0.39, 0.29) is 17.9 Å². The molecule has 1 atom stereocenters. The molecule has 0 aliphatic carbocycles. The Morgan fingerprint density at radius 3 is 2.77 bits per heavy atom. The van der Waals surface area contributed by atoms with Crippen molar-refractivity contribution in [1.82, 2.24) is 35.0 Å². The second-order valence-electron chi connectivity index (χ2n) is 6.35. The van der Waals surface area contributed by atoms with Crippen molar-refractivity contribution in [3.63, 3.8) is 0 Å². The molecule has 0 radical (unpaired) electrons. The van der Waals surface area contributed by atoms with Crippen LogP contribution in [0.4, 0.5) is 8.78 Å². The van der Waals surface area contributed by atoms with Crippen molar-refractivity contribution in [3.8, 4) is 0 Å². The minimum absolute atomic E-state index is 0.0160. The zero-order valence-corrected chi connectivity index (χ0v) is 14.6. The van der Waals surface area contributed by atoms with Crippen molar-refractivity contribution in [1.29, 1.82) is 0 Å². The topological polar surface area (TPSA) is 97.9 Å². The van der Waals surface area contributed by atoms with Crippen LogP contribution < -0.4 is 5.32 Å². The van der Waals surface area contributed by atoms with Crippen molar-refractivity contribution < 1.29 is 18.4 Å². The Morgan fingerprint density at radius 1 is 1.42 bits per heavy atom. The number of hydrogen-bond acceptors (Lipinski definition) is 5. The largest absolute Gasteiger partial charge is 0.354 e. The highest BCUT2D eigenvalue weighted by atomic mass is 19.3. The van der Waals surface area contributed by atoms with Crippen molar-refractivity contribution >= 4 is 11.8 Å². The molecule has 3 rings (SSSR count). The van der Waals surface area contributed by atoms with Crippen LogP contribution in [0.1, 0.15) is 33.1 Å². The molecule has 26 heavy (non-hydrogen) atoms. The fourth-order valence-corrected chi connectivity index (χ4v) is 3.09. The number of halogens is 2. The Morgan fingerprint density at radius 2 is 2.15 bits per heavy atom. The molecule has 0 bridgehead atoms. The first-order valence-electron chi connectivity index (χ1n) is 8.02. The number of likely N-dealkylation sites (tertiary alicyclic amines) is 1. The van der Waals surface area contributed by atoms with E-state index < -0.39 is 36.7 Å². The molecule has 0 aromatic carbocycles. The van der Waals surface area contributed by atoms with Gasteiger partial charge in [0.1, 0.15) is 5.69 Å². The Kier molecular flexibility index (Phi) is 4.46. The number of amides is 2. The number of rotatable bonds is 4. The maximum Gasteiger partial charge on any atom is 0.273 e. The van der Waals surface area contributed by atoms with Crippen LogP contribution in [-0.4, -0.2) is 67.0 Å². The van der Waals surface area contributed by atoms with Gasteiger partial charge in [-0.3, -0.25) is 14.3 Å². The molecule has 140 valence electrons. The first-order valence-corrected chi connectivity index (χ1v) is 8.02. The third-order valence-electron chi connectivity index (χ3n) is 4.25. The summed E-state index contributed by atoms with van der Waals surface area (Å²) in [5, 5.41) is 14.0. The van der Waals surface area contributed by atoms with Crippen molar-refractivity contribution in [3.05, 3.63) is 29.3 Å². The summed E-state index contributed by atoms with van der Waals surface area (Å²) in [4.78, 5) is 25.4. The lowest BCUT2D eigenvalue weighted by molar-refractivity contribution is 0.0116. The molecule has 2 aromatic rings. The Hall–Kier alpha value is -2.85. The molecule has 0 saturated carbocycles. The molecule has 11 heteroatoms. The van der Waals surface area contributed by atoms with Gasteiger partial charge < -0.3 is 10.2 Å². The van der Waals surface area contributed by atoms with Gasteiger partial charge in [0.25, 0.3) is 17.7 Å². The second-order valence-corrected chi connectivity index (χ2v) is 6.35. The van der Waals surface area contributed by atoms with E-state index >= 15 is 0 Å². The quantitative estimate of drug-likeness (QED) is 0.834. The monoisotopic (exact) mass is 367 g/mol. The number of nitrogens with one attached hydrogen (secondary N) is 1. The molecule has 2 amide bonds. The molecule has 1 N–H and O–H groups in total. The van der Waals surface area contributed by atoms with Crippen molar-refractivity contribution in [2.24, 2.45) is 7.05 Å². The summed E-state index contributed by atoms with van der Waals surface area (Å²) in [6.45, 7) is 1.07. The van der Waals surface area contributed by atoms with Gasteiger partial charge in [-0.1, -0.05) is 5.21 Å². The Bertz CT molecular complexity index is 845. The third-order valence-corrected chi connectivity index (χ3v) is 4.25. The minimum Gasteiger partial charge on any atom is -0.354 e. The van der Waals surface area contributed by atoms with E-state index in [2.05, 4.69) is 20.7 Å². The van der Waals surface area contributed by atoms with E-state index in [1.165, 1.54) is 22.6 Å². The molecule has 2 aromatic heterocycles. The molecule has 1 saturated heterocycles. The third kappa shape index (κ3) is 3.41. The first-order chi connectivity index (χ1) is 12.2. The lowest BCUT2D eigenvalue weighted by atomic mass is 10.2. The number of aromatic nitrogens is 5. The molecule has 0 spiro atoms. The second kappa shape index (κ2) is 6.46. The van der Waals surface area contributed by atoms with Gasteiger partial charge in [0.15, 0.2) is 5.69 Å². The predicted octanol–water partition coefficient (Wildman–Crippen LogP) is 0.230. The zero-order chi connectivity index (χ0) is 19.1. The molecule has 9 nitrogen and oxygen atoms in total. The van der Waals surface area contributed by atoms with Crippen LogP contribution in [0.25, 0.3) is 0 Å². The molecule has 1 aliphatic heterocycles. The highest BCUT2D eigenvalue weighted by molar-refractivity contribution is 5.93. The van der Waals surface area contributed by atoms with Crippen LogP contribution in [0.2, 0.25) is 0 Å². The standard InChI is InChI=1S/C15H19F2N7O2/c1-9-4-12(22(3)20-9)14(26)24-8-15(16,17)5-10(24)6-23-7-11(19-21-23)13(25)18-2/h4,7,10H,5-6,8H2,1-3H3,(H,18,25)/t10-/m0/s1. The van der Waals surface area contributed by atoms with Crippen LogP contribution in [0.5, 0.6) is 0 Å². The van der Waals surface area contributed by atoms with E-state index in [0.29, 0.717) is 5.69 Å². The van der Waals surface area contributed by atoms with Crippen LogP contribution >= 0.6 is 0 Å². The summed E-state index contributed by atoms with van der Waals surface area (Å²) >= 11 is 0. The highest BCUT2D eigenvalue weighted by Crippen LogP contribution is 2.33. The predicted molar refractivity (Wildman–Crippen MR) is 85.7 cm³/mol. The molecule has 3 heterocycles. The van der Waals surface area contributed by atoms with E-state index in [4.69, 9.17) is 0 Å². The average Bonchev–Trinajstić information content (AvgIpc) is 3.24. The number of hydrogen-bond donors (Lipinski definition) is 1. The van der Waals surface area contributed by atoms with Crippen LogP contribution in [-0.2, 0) is 13.6 Å². The van der Waals surface area contributed by atoms with Crippen LogP contribution in [0, 0.1) is 6.92 Å². The van der Waals surface area contributed by atoms with Crippen LogP contribution in [0.15, 0.2) is 12.3 Å². The number of alkyl halides is 2.